The lowest BCUT2D eigenvalue weighted by Gasteiger charge is -2.07. The van der Waals surface area contributed by atoms with Crippen molar-refractivity contribution in [3.05, 3.63) is 34.9 Å². The number of ether oxygens (including phenoxy) is 1. The van der Waals surface area contributed by atoms with Crippen LogP contribution in [0.1, 0.15) is 28.4 Å². The van der Waals surface area contributed by atoms with Crippen molar-refractivity contribution in [1.82, 2.24) is 0 Å². The van der Waals surface area contributed by atoms with Crippen LogP contribution in [-0.2, 0) is 9.53 Å². The molecule has 96 valence electrons. The third-order valence-corrected chi connectivity index (χ3v) is 2.20. The Morgan fingerprint density at radius 2 is 1.79 bits per heavy atom. The molecule has 0 fully saturated rings. The largest absolute Gasteiger partial charge is 0.463 e. The molecule has 0 radical (unpaired) electrons. The van der Waals surface area contributed by atoms with Gasteiger partial charge in [-0.05, 0) is 25.1 Å². The number of nitriles is 2. The van der Waals surface area contributed by atoms with Gasteiger partial charge in [-0.3, -0.25) is 4.79 Å². The Morgan fingerprint density at radius 1 is 1.26 bits per heavy atom. The molecule has 0 aliphatic heterocycles. The first-order valence-corrected chi connectivity index (χ1v) is 5.33. The summed E-state index contributed by atoms with van der Waals surface area (Å²) in [6.45, 7) is 1.44. The molecule has 0 aromatic heterocycles. The van der Waals surface area contributed by atoms with Gasteiger partial charge in [-0.25, -0.2) is 9.18 Å². The van der Waals surface area contributed by atoms with Gasteiger partial charge in [0, 0.05) is 5.56 Å². The van der Waals surface area contributed by atoms with Gasteiger partial charge >= 0.3 is 5.97 Å². The summed E-state index contributed by atoms with van der Waals surface area (Å²) in [5.41, 5.74) is -0.131. The number of carbonyl (C=O) groups is 2. The Morgan fingerprint density at radius 3 is 2.21 bits per heavy atom. The Bertz CT molecular complexity index is 567. The van der Waals surface area contributed by atoms with Crippen molar-refractivity contribution in [2.45, 2.75) is 13.1 Å². The molecule has 0 spiro atoms. The molecule has 1 aromatic carbocycles. The summed E-state index contributed by atoms with van der Waals surface area (Å²) < 4.78 is 17.9. The van der Waals surface area contributed by atoms with Crippen LogP contribution in [0.5, 0.6) is 0 Å². The molecule has 1 unspecified atom stereocenters. The second kappa shape index (κ2) is 6.27. The van der Waals surface area contributed by atoms with E-state index in [2.05, 4.69) is 4.74 Å². The minimum absolute atomic E-state index is 0.0402. The maximum Gasteiger partial charge on any atom is 0.348 e. The first-order valence-electron chi connectivity index (χ1n) is 5.33. The third kappa shape index (κ3) is 3.36. The van der Waals surface area contributed by atoms with Crippen LogP contribution in [0.25, 0.3) is 0 Å². The highest BCUT2D eigenvalue weighted by Crippen LogP contribution is 2.13. The Labute approximate surface area is 108 Å². The van der Waals surface area contributed by atoms with Gasteiger partial charge in [-0.15, -0.1) is 0 Å². The quantitative estimate of drug-likeness (QED) is 0.465. The predicted octanol–water partition coefficient (Wildman–Crippen LogP) is 1.51. The minimum atomic E-state index is -2.46. The molecule has 5 nitrogen and oxygen atoms in total. The molecule has 0 saturated heterocycles. The zero-order chi connectivity index (χ0) is 14.4. The van der Waals surface area contributed by atoms with Gasteiger partial charge in [0.15, 0.2) is 0 Å². The van der Waals surface area contributed by atoms with Crippen molar-refractivity contribution in [1.29, 1.82) is 10.5 Å². The fourth-order valence-corrected chi connectivity index (χ4v) is 1.37. The van der Waals surface area contributed by atoms with Crippen molar-refractivity contribution in [2.75, 3.05) is 6.61 Å². The second-order valence-corrected chi connectivity index (χ2v) is 3.50. The highest BCUT2D eigenvalue weighted by atomic mass is 19.1. The Kier molecular flexibility index (Phi) is 4.73. The van der Waals surface area contributed by atoms with Gasteiger partial charge < -0.3 is 4.74 Å². The number of alkyl halides is 1. The summed E-state index contributed by atoms with van der Waals surface area (Å²) in [6.07, 6.45) is -2.46. The Balaban J connectivity index is 3.10. The minimum Gasteiger partial charge on any atom is -0.463 e. The van der Waals surface area contributed by atoms with Gasteiger partial charge in [0.2, 0.25) is 5.78 Å². The van der Waals surface area contributed by atoms with E-state index in [0.717, 1.165) is 12.1 Å². The van der Waals surface area contributed by atoms with Crippen LogP contribution in [-0.4, -0.2) is 24.5 Å². The number of esters is 1. The van der Waals surface area contributed by atoms with Crippen LogP contribution in [0.3, 0.4) is 0 Å². The molecular weight excluding hydrogens is 251 g/mol. The van der Waals surface area contributed by atoms with Crippen LogP contribution in [0.2, 0.25) is 0 Å². The summed E-state index contributed by atoms with van der Waals surface area (Å²) in [6, 6.07) is 6.99. The molecule has 0 saturated carbocycles. The number of hydrogen-bond donors (Lipinski definition) is 0. The number of halogens is 1. The molecular formula is C13H9FN2O3. The van der Waals surface area contributed by atoms with E-state index in [1.165, 1.54) is 13.0 Å². The predicted molar refractivity (Wildman–Crippen MR) is 61.7 cm³/mol. The average molecular weight is 260 g/mol. The third-order valence-electron chi connectivity index (χ3n) is 2.20. The molecule has 1 atom stereocenters. The molecule has 6 heteroatoms. The number of nitrogens with zero attached hydrogens (tertiary/aromatic N) is 2. The van der Waals surface area contributed by atoms with E-state index in [1.807, 2.05) is 0 Å². The van der Waals surface area contributed by atoms with Crippen molar-refractivity contribution in [3.8, 4) is 12.1 Å². The lowest BCUT2D eigenvalue weighted by molar-refractivity contribution is -0.147. The average Bonchev–Trinajstić information content (AvgIpc) is 2.45. The van der Waals surface area contributed by atoms with Crippen molar-refractivity contribution in [3.63, 3.8) is 0 Å². The molecule has 0 amide bonds. The van der Waals surface area contributed by atoms with Crippen LogP contribution in [0.15, 0.2) is 18.2 Å². The number of carbonyl (C=O) groups excluding carboxylic acids is 2. The first kappa shape index (κ1) is 14.3. The summed E-state index contributed by atoms with van der Waals surface area (Å²) in [5.74, 6) is -2.42. The van der Waals surface area contributed by atoms with Crippen molar-refractivity contribution < 1.29 is 18.7 Å². The number of benzene rings is 1. The monoisotopic (exact) mass is 260 g/mol. The van der Waals surface area contributed by atoms with Crippen molar-refractivity contribution >= 4 is 11.8 Å². The smallest absolute Gasteiger partial charge is 0.348 e. The van der Waals surface area contributed by atoms with E-state index in [9.17, 15) is 14.0 Å². The normalized spacial score (nSPS) is 10.9. The number of hydrogen-bond acceptors (Lipinski definition) is 5. The Hall–Kier alpha value is -2.73. The molecule has 19 heavy (non-hydrogen) atoms. The lowest BCUT2D eigenvalue weighted by Crippen LogP contribution is -2.28. The van der Waals surface area contributed by atoms with Crippen LogP contribution >= 0.6 is 0 Å². The molecule has 0 bridgehead atoms. The zero-order valence-electron chi connectivity index (χ0n) is 10.0. The second-order valence-electron chi connectivity index (χ2n) is 3.50. The van der Waals surface area contributed by atoms with Gasteiger partial charge in [-0.2, -0.15) is 10.5 Å². The van der Waals surface area contributed by atoms with Crippen LogP contribution in [0.4, 0.5) is 4.39 Å². The maximum atomic E-state index is 13.5. The standard InChI is InChI=1S/C13H9FN2O3/c1-2-19-13(18)11(14)12(17)10-4-8(6-15)3-9(5-10)7-16/h3-5,11H,2H2,1H3. The molecule has 0 aliphatic rings. The van der Waals surface area contributed by atoms with E-state index in [1.54, 1.807) is 12.1 Å². The number of Topliss-reactive ketones (excluding diaryl/α,β-unsaturated/α-hetero) is 1. The van der Waals surface area contributed by atoms with E-state index in [4.69, 9.17) is 10.5 Å². The summed E-state index contributed by atoms with van der Waals surface area (Å²) in [5, 5.41) is 17.5. The summed E-state index contributed by atoms with van der Waals surface area (Å²) >= 11 is 0. The van der Waals surface area contributed by atoms with Crippen LogP contribution in [0, 0.1) is 22.7 Å². The number of rotatable bonds is 4. The topological polar surface area (TPSA) is 90.9 Å². The van der Waals surface area contributed by atoms with Crippen LogP contribution < -0.4 is 0 Å². The molecule has 0 aliphatic carbocycles. The first-order chi connectivity index (χ1) is 9.03. The molecule has 1 rings (SSSR count). The van der Waals surface area contributed by atoms with Gasteiger partial charge in [0.25, 0.3) is 6.17 Å². The van der Waals surface area contributed by atoms with Gasteiger partial charge in [0.05, 0.1) is 29.9 Å². The fraction of sp³-hybridized carbons (Fsp3) is 0.231. The fourth-order valence-electron chi connectivity index (χ4n) is 1.37. The lowest BCUT2D eigenvalue weighted by atomic mass is 10.0. The van der Waals surface area contributed by atoms with E-state index in [-0.39, 0.29) is 23.3 Å². The highest BCUT2D eigenvalue weighted by Gasteiger charge is 2.29. The van der Waals surface area contributed by atoms with E-state index in [0.29, 0.717) is 0 Å². The van der Waals surface area contributed by atoms with Crippen molar-refractivity contribution in [2.24, 2.45) is 0 Å². The summed E-state index contributed by atoms with van der Waals surface area (Å²) in [7, 11) is 0. The SMILES string of the molecule is CCOC(=O)C(F)C(=O)c1cc(C#N)cc(C#N)c1. The van der Waals surface area contributed by atoms with Gasteiger partial charge in [0.1, 0.15) is 0 Å². The van der Waals surface area contributed by atoms with Gasteiger partial charge in [-0.1, -0.05) is 0 Å². The van der Waals surface area contributed by atoms with E-state index < -0.39 is 17.9 Å². The zero-order valence-corrected chi connectivity index (χ0v) is 10.0. The molecule has 0 heterocycles. The molecule has 1 aromatic rings. The summed E-state index contributed by atoms with van der Waals surface area (Å²) in [4.78, 5) is 22.8. The maximum absolute atomic E-state index is 13.5. The number of ketones is 1. The van der Waals surface area contributed by atoms with E-state index >= 15 is 0 Å². The highest BCUT2D eigenvalue weighted by molar-refractivity contribution is 6.11. The molecule has 0 N–H and O–H groups in total.